The number of nitrogens with zero attached hydrogens (tertiary/aromatic N) is 2. The summed E-state index contributed by atoms with van der Waals surface area (Å²) in [5.74, 6) is -0.755. The van der Waals surface area contributed by atoms with Gasteiger partial charge in [0.2, 0.25) is 0 Å². The fraction of sp³-hybridized carbons (Fsp3) is 0.583. The number of unbranched alkanes of at least 4 members (excludes halogenated alkanes) is 2. The molecule has 2 rings (SSSR count). The zero-order chi connectivity index (χ0) is 25.1. The van der Waals surface area contributed by atoms with E-state index in [0.717, 1.165) is 30.6 Å². The van der Waals surface area contributed by atoms with E-state index >= 15 is 0 Å². The van der Waals surface area contributed by atoms with Crippen LogP contribution in [0.3, 0.4) is 0 Å². The van der Waals surface area contributed by atoms with Crippen molar-refractivity contribution in [3.63, 3.8) is 0 Å². The smallest absolute Gasteiger partial charge is 0.408 e. The lowest BCUT2D eigenvalue weighted by atomic mass is 10.1. The first-order chi connectivity index (χ1) is 16.3. The van der Waals surface area contributed by atoms with Crippen LogP contribution in [0.15, 0.2) is 24.3 Å². The first-order valence-corrected chi connectivity index (χ1v) is 11.9. The first-order valence-electron chi connectivity index (χ1n) is 11.9. The molecule has 10 nitrogen and oxygen atoms in total. The molecule has 2 unspecified atom stereocenters. The predicted octanol–water partition coefficient (Wildman–Crippen LogP) is 3.33. The second-order valence-corrected chi connectivity index (χ2v) is 8.12. The standard InChI is InChI=1S/C24H36N4O6/c1-5-7-13-25-23(31)33-17(3)27(18(4)34-24(32)26-14-8-6-2)15-16-28-21(29)19-11-9-10-12-20(19)22(28)30/h9-12,17-18H,5-8,13-16H2,1-4H3,(H,25,31)(H,26,32). The topological polar surface area (TPSA) is 117 Å². The summed E-state index contributed by atoms with van der Waals surface area (Å²) in [7, 11) is 0. The monoisotopic (exact) mass is 476 g/mol. The number of imide groups is 1. The van der Waals surface area contributed by atoms with Gasteiger partial charge in [0.25, 0.3) is 11.8 Å². The van der Waals surface area contributed by atoms with Crippen molar-refractivity contribution in [1.82, 2.24) is 20.4 Å². The van der Waals surface area contributed by atoms with Crippen LogP contribution < -0.4 is 10.6 Å². The summed E-state index contributed by atoms with van der Waals surface area (Å²) in [6.45, 7) is 8.49. The minimum Gasteiger partial charge on any atom is -0.430 e. The van der Waals surface area contributed by atoms with Crippen LogP contribution in [0.25, 0.3) is 0 Å². The SMILES string of the molecule is CCCCNC(=O)OC(C)N(CCN1C(=O)c2ccccc2C1=O)C(C)OC(=O)NCCCC. The van der Waals surface area contributed by atoms with Gasteiger partial charge in [-0.25, -0.2) is 14.5 Å². The number of nitrogens with one attached hydrogen (secondary N) is 2. The Kier molecular flexibility index (Phi) is 10.8. The number of benzene rings is 1. The lowest BCUT2D eigenvalue weighted by molar-refractivity contribution is -0.0926. The van der Waals surface area contributed by atoms with Crippen LogP contribution in [0.4, 0.5) is 9.59 Å². The van der Waals surface area contributed by atoms with Crippen LogP contribution >= 0.6 is 0 Å². The van der Waals surface area contributed by atoms with Crippen molar-refractivity contribution < 1.29 is 28.7 Å². The molecule has 0 saturated heterocycles. The molecule has 0 spiro atoms. The molecule has 0 bridgehead atoms. The van der Waals surface area contributed by atoms with Gasteiger partial charge in [0.1, 0.15) is 0 Å². The molecule has 10 heteroatoms. The van der Waals surface area contributed by atoms with Crippen molar-refractivity contribution >= 4 is 24.0 Å². The Morgan fingerprint density at radius 3 is 1.74 bits per heavy atom. The summed E-state index contributed by atoms with van der Waals surface area (Å²) >= 11 is 0. The molecular weight excluding hydrogens is 440 g/mol. The lowest BCUT2D eigenvalue weighted by Crippen LogP contribution is -2.50. The van der Waals surface area contributed by atoms with Gasteiger partial charge in [-0.3, -0.25) is 14.5 Å². The molecule has 1 aromatic carbocycles. The van der Waals surface area contributed by atoms with Crippen LogP contribution in [0.2, 0.25) is 0 Å². The molecule has 2 atom stereocenters. The number of alkyl carbamates (subject to hydrolysis) is 2. The highest BCUT2D eigenvalue weighted by Gasteiger charge is 2.36. The molecule has 1 aliphatic heterocycles. The van der Waals surface area contributed by atoms with E-state index in [1.54, 1.807) is 43.0 Å². The minimum atomic E-state index is -0.782. The molecule has 0 radical (unpaired) electrons. The maximum absolute atomic E-state index is 12.7. The highest BCUT2D eigenvalue weighted by atomic mass is 16.6. The van der Waals surface area contributed by atoms with Crippen molar-refractivity contribution in [3.8, 4) is 0 Å². The number of ether oxygens (including phenoxy) is 2. The second kappa shape index (κ2) is 13.5. The third kappa shape index (κ3) is 7.44. The predicted molar refractivity (Wildman–Crippen MR) is 126 cm³/mol. The van der Waals surface area contributed by atoms with E-state index in [1.165, 1.54) is 0 Å². The number of rotatable bonds is 13. The fourth-order valence-electron chi connectivity index (χ4n) is 3.58. The quantitative estimate of drug-likeness (QED) is 0.255. The van der Waals surface area contributed by atoms with Crippen LogP contribution in [-0.2, 0) is 9.47 Å². The van der Waals surface area contributed by atoms with Crippen LogP contribution in [-0.4, -0.2) is 72.4 Å². The molecule has 2 N–H and O–H groups in total. The van der Waals surface area contributed by atoms with Crippen molar-refractivity contribution in [2.24, 2.45) is 0 Å². The van der Waals surface area contributed by atoms with E-state index < -0.39 is 24.6 Å². The molecule has 1 aliphatic rings. The third-order valence-corrected chi connectivity index (χ3v) is 5.55. The Bertz CT molecular complexity index is 797. The van der Waals surface area contributed by atoms with E-state index in [9.17, 15) is 19.2 Å². The van der Waals surface area contributed by atoms with Gasteiger partial charge in [0, 0.05) is 26.2 Å². The van der Waals surface area contributed by atoms with E-state index in [0.29, 0.717) is 24.2 Å². The van der Waals surface area contributed by atoms with E-state index in [4.69, 9.17) is 9.47 Å². The van der Waals surface area contributed by atoms with Gasteiger partial charge in [-0.1, -0.05) is 38.8 Å². The number of hydrogen-bond acceptors (Lipinski definition) is 7. The molecule has 0 aliphatic carbocycles. The average molecular weight is 477 g/mol. The largest absolute Gasteiger partial charge is 0.430 e. The maximum Gasteiger partial charge on any atom is 0.408 e. The van der Waals surface area contributed by atoms with Gasteiger partial charge in [0.15, 0.2) is 12.5 Å². The summed E-state index contributed by atoms with van der Waals surface area (Å²) < 4.78 is 10.9. The van der Waals surface area contributed by atoms with Gasteiger partial charge >= 0.3 is 12.2 Å². The molecule has 0 saturated carbocycles. The molecule has 188 valence electrons. The molecule has 0 aromatic heterocycles. The zero-order valence-electron chi connectivity index (χ0n) is 20.5. The van der Waals surface area contributed by atoms with Crippen molar-refractivity contribution in [2.45, 2.75) is 65.8 Å². The van der Waals surface area contributed by atoms with Gasteiger partial charge in [0.05, 0.1) is 11.1 Å². The fourth-order valence-corrected chi connectivity index (χ4v) is 3.58. The van der Waals surface area contributed by atoms with Gasteiger partial charge in [-0.15, -0.1) is 0 Å². The Morgan fingerprint density at radius 2 is 1.32 bits per heavy atom. The Labute approximate surface area is 200 Å². The lowest BCUT2D eigenvalue weighted by Gasteiger charge is -2.34. The molecule has 0 fully saturated rings. The van der Waals surface area contributed by atoms with Crippen LogP contribution in [0.5, 0.6) is 0 Å². The van der Waals surface area contributed by atoms with Crippen molar-refractivity contribution in [1.29, 1.82) is 0 Å². The highest BCUT2D eigenvalue weighted by molar-refractivity contribution is 6.21. The van der Waals surface area contributed by atoms with E-state index in [2.05, 4.69) is 10.6 Å². The van der Waals surface area contributed by atoms with E-state index in [1.807, 2.05) is 13.8 Å². The van der Waals surface area contributed by atoms with Gasteiger partial charge in [-0.2, -0.15) is 0 Å². The summed E-state index contributed by atoms with van der Waals surface area (Å²) in [5.41, 5.74) is 0.719. The maximum atomic E-state index is 12.7. The number of carbonyl (C=O) groups is 4. The summed E-state index contributed by atoms with van der Waals surface area (Å²) in [6.07, 6.45) is 0.762. The first kappa shape index (κ1) is 27.1. The molecule has 1 aromatic rings. The Morgan fingerprint density at radius 1 is 0.882 bits per heavy atom. The second-order valence-electron chi connectivity index (χ2n) is 8.12. The number of amides is 4. The summed E-state index contributed by atoms with van der Waals surface area (Å²) in [5, 5.41) is 5.36. The summed E-state index contributed by atoms with van der Waals surface area (Å²) in [6, 6.07) is 6.65. The Hall–Kier alpha value is -3.14. The van der Waals surface area contributed by atoms with E-state index in [-0.39, 0.29) is 24.9 Å². The number of carbonyl (C=O) groups excluding carboxylic acids is 4. The van der Waals surface area contributed by atoms with Crippen LogP contribution in [0.1, 0.15) is 74.1 Å². The number of fused-ring (bicyclic) bond motifs is 1. The van der Waals surface area contributed by atoms with Crippen LogP contribution in [0, 0.1) is 0 Å². The normalized spacial score (nSPS) is 14.6. The minimum absolute atomic E-state index is 0.0443. The van der Waals surface area contributed by atoms with Crippen molar-refractivity contribution in [3.05, 3.63) is 35.4 Å². The third-order valence-electron chi connectivity index (χ3n) is 5.55. The molecule has 4 amide bonds. The molecular formula is C24H36N4O6. The van der Waals surface area contributed by atoms with Gasteiger partial charge in [-0.05, 0) is 38.8 Å². The summed E-state index contributed by atoms with van der Waals surface area (Å²) in [4.78, 5) is 52.5. The molecule has 34 heavy (non-hydrogen) atoms. The van der Waals surface area contributed by atoms with Crippen molar-refractivity contribution in [2.75, 3.05) is 26.2 Å². The number of hydrogen-bond donors (Lipinski definition) is 2. The van der Waals surface area contributed by atoms with Gasteiger partial charge < -0.3 is 20.1 Å². The zero-order valence-corrected chi connectivity index (χ0v) is 20.5. The molecule has 1 heterocycles. The average Bonchev–Trinajstić information content (AvgIpc) is 3.04. The Balaban J connectivity index is 2.05. The highest BCUT2D eigenvalue weighted by Crippen LogP contribution is 2.22.